The fourth-order valence-electron chi connectivity index (χ4n) is 9.93. The van der Waals surface area contributed by atoms with E-state index in [9.17, 15) is 0 Å². The average Bonchev–Trinajstić information content (AvgIpc) is 3.62. The summed E-state index contributed by atoms with van der Waals surface area (Å²) in [4.78, 5) is 2.38. The van der Waals surface area contributed by atoms with E-state index in [1.165, 1.54) is 39.0 Å². The Hall–Kier alpha value is -6.76. The first-order valence-corrected chi connectivity index (χ1v) is 20.0. The van der Waals surface area contributed by atoms with E-state index >= 15 is 0 Å². The number of hydrogen-bond donors (Lipinski definition) is 0. The Kier molecular flexibility index (Phi) is 7.44. The number of ether oxygens (including phenoxy) is 1. The third-order valence-electron chi connectivity index (χ3n) is 12.8. The lowest BCUT2D eigenvalue weighted by Gasteiger charge is -2.36. The van der Waals surface area contributed by atoms with E-state index < -0.39 is 0 Å². The predicted molar refractivity (Wildman–Crippen MR) is 234 cm³/mol. The van der Waals surface area contributed by atoms with Crippen LogP contribution >= 0.6 is 0 Å². The number of hydrogen-bond acceptors (Lipinski definition) is 3. The number of para-hydroxylation sites is 2. The van der Waals surface area contributed by atoms with Crippen molar-refractivity contribution >= 4 is 44.5 Å². The Labute approximate surface area is 333 Å². The van der Waals surface area contributed by atoms with E-state index in [1.807, 2.05) is 18.2 Å². The number of allylic oxidation sites excluding steroid dienone is 7. The molecule has 0 bridgehead atoms. The predicted octanol–water partition coefficient (Wildman–Crippen LogP) is 14.0. The third-order valence-corrected chi connectivity index (χ3v) is 12.8. The molecule has 0 saturated carbocycles. The van der Waals surface area contributed by atoms with E-state index in [2.05, 4.69) is 177 Å². The van der Waals surface area contributed by atoms with E-state index in [0.29, 0.717) is 6.42 Å². The maximum Gasteiger partial charge on any atom is 0.135 e. The number of fused-ring (bicyclic) bond motifs is 7. The molecule has 7 aromatic rings. The van der Waals surface area contributed by atoms with Gasteiger partial charge in [-0.15, -0.1) is 0 Å². The van der Waals surface area contributed by atoms with Crippen LogP contribution in [0.2, 0.25) is 0 Å². The van der Waals surface area contributed by atoms with Gasteiger partial charge in [0.25, 0.3) is 0 Å². The zero-order valence-corrected chi connectivity index (χ0v) is 32.4. The molecular weight excluding hydrogens is 695 g/mol. The summed E-state index contributed by atoms with van der Waals surface area (Å²) >= 11 is 0. The largest absolute Gasteiger partial charge is 0.457 e. The molecule has 1 aromatic heterocycles. The van der Waals surface area contributed by atoms with Crippen molar-refractivity contribution in [2.45, 2.75) is 50.9 Å². The Morgan fingerprint density at radius 2 is 1.32 bits per heavy atom. The Balaban J connectivity index is 1.10. The van der Waals surface area contributed by atoms with Gasteiger partial charge in [0.2, 0.25) is 0 Å². The summed E-state index contributed by atoms with van der Waals surface area (Å²) in [5, 5.41) is 2.19. The quantitative estimate of drug-likeness (QED) is 0.165. The van der Waals surface area contributed by atoms with Crippen molar-refractivity contribution < 1.29 is 9.15 Å². The molecule has 0 N–H and O–H groups in total. The van der Waals surface area contributed by atoms with Crippen molar-refractivity contribution in [1.29, 1.82) is 0 Å². The first kappa shape index (κ1) is 33.6. The van der Waals surface area contributed by atoms with Crippen LogP contribution in [0.5, 0.6) is 11.5 Å². The van der Waals surface area contributed by atoms with Gasteiger partial charge in [0, 0.05) is 61.8 Å². The first-order valence-electron chi connectivity index (χ1n) is 20.0. The van der Waals surface area contributed by atoms with E-state index in [4.69, 9.17) is 9.15 Å². The first-order chi connectivity index (χ1) is 27.9. The van der Waals surface area contributed by atoms with Gasteiger partial charge in [-0.1, -0.05) is 123 Å². The molecule has 11 rings (SSSR count). The summed E-state index contributed by atoms with van der Waals surface area (Å²) in [7, 11) is 0. The van der Waals surface area contributed by atoms with E-state index in [-0.39, 0.29) is 10.8 Å². The normalized spacial score (nSPS) is 18.6. The molecule has 0 spiro atoms. The molecule has 3 aliphatic carbocycles. The maximum atomic E-state index is 6.54. The molecule has 4 aliphatic rings. The van der Waals surface area contributed by atoms with Gasteiger partial charge >= 0.3 is 0 Å². The zero-order valence-electron chi connectivity index (χ0n) is 32.4. The van der Waals surface area contributed by atoms with Crippen LogP contribution in [0.4, 0.5) is 11.4 Å². The summed E-state index contributed by atoms with van der Waals surface area (Å²) in [5.41, 5.74) is 15.8. The molecule has 2 heterocycles. The molecule has 0 radical (unpaired) electrons. The lowest BCUT2D eigenvalue weighted by atomic mass is 9.69. The highest BCUT2D eigenvalue weighted by molar-refractivity contribution is 6.06. The lowest BCUT2D eigenvalue weighted by Crippen LogP contribution is -2.26. The molecule has 0 saturated heterocycles. The third kappa shape index (κ3) is 5.07. The van der Waals surface area contributed by atoms with Gasteiger partial charge in [-0.05, 0) is 114 Å². The molecule has 1 unspecified atom stereocenters. The molecule has 0 amide bonds. The molecule has 3 heteroatoms. The van der Waals surface area contributed by atoms with E-state index in [1.54, 1.807) is 0 Å². The van der Waals surface area contributed by atoms with Gasteiger partial charge in [0.15, 0.2) is 0 Å². The second kappa shape index (κ2) is 12.6. The maximum absolute atomic E-state index is 6.54. The standard InChI is InChI=1S/C54H41NO2/c1-53(2)47-25-13-15-27-51(47)57-52-31-29-38(34-48(52)53)55(37-28-30-50-43(33-37)42-21-9-14-26-49(42)56-50)36-17-5-4-16-35(32-36)39-18-6-10-22-44(39)54(3)45-23-11-7-19-40(45)41-20-8-12-24-46(41)54/h6-11,13-15,17-23,25-34H,5,12,24H2,1-3H3. The fourth-order valence-corrected chi connectivity index (χ4v) is 9.93. The van der Waals surface area contributed by atoms with Gasteiger partial charge in [0.05, 0.1) is 0 Å². The summed E-state index contributed by atoms with van der Waals surface area (Å²) in [6, 6.07) is 47.8. The van der Waals surface area contributed by atoms with Crippen molar-refractivity contribution in [1.82, 2.24) is 0 Å². The van der Waals surface area contributed by atoms with Crippen LogP contribution in [0.3, 0.4) is 0 Å². The van der Waals surface area contributed by atoms with Crippen LogP contribution in [-0.4, -0.2) is 0 Å². The average molecular weight is 736 g/mol. The molecule has 1 aliphatic heterocycles. The monoisotopic (exact) mass is 735 g/mol. The number of benzene rings is 6. The van der Waals surface area contributed by atoms with Crippen molar-refractivity contribution in [2.24, 2.45) is 0 Å². The van der Waals surface area contributed by atoms with Gasteiger partial charge in [-0.25, -0.2) is 0 Å². The fraction of sp³-hybridized carbons (Fsp3) is 0.148. The topological polar surface area (TPSA) is 25.6 Å². The Morgan fingerprint density at radius 1 is 0.632 bits per heavy atom. The molecule has 57 heavy (non-hydrogen) atoms. The van der Waals surface area contributed by atoms with E-state index in [0.717, 1.165) is 74.5 Å². The van der Waals surface area contributed by atoms with Crippen molar-refractivity contribution in [3.05, 3.63) is 202 Å². The smallest absolute Gasteiger partial charge is 0.135 e. The van der Waals surface area contributed by atoms with Crippen molar-refractivity contribution in [3.63, 3.8) is 0 Å². The van der Waals surface area contributed by atoms with Crippen molar-refractivity contribution in [3.8, 4) is 23.3 Å². The summed E-state index contributed by atoms with van der Waals surface area (Å²) in [6.45, 7) is 7.02. The molecule has 6 aromatic carbocycles. The second-order valence-electron chi connectivity index (χ2n) is 16.3. The number of rotatable bonds is 5. The van der Waals surface area contributed by atoms with Crippen LogP contribution in [0.25, 0.3) is 33.1 Å². The van der Waals surface area contributed by atoms with Gasteiger partial charge in [-0.3, -0.25) is 0 Å². The number of anilines is 2. The van der Waals surface area contributed by atoms with Crippen molar-refractivity contribution in [2.75, 3.05) is 4.90 Å². The zero-order chi connectivity index (χ0) is 38.3. The highest BCUT2D eigenvalue weighted by Gasteiger charge is 2.43. The molecule has 0 fully saturated rings. The van der Waals surface area contributed by atoms with Gasteiger partial charge < -0.3 is 14.1 Å². The van der Waals surface area contributed by atoms with Crippen LogP contribution in [0.1, 0.15) is 73.4 Å². The highest BCUT2D eigenvalue weighted by Crippen LogP contribution is 2.55. The van der Waals surface area contributed by atoms with Crippen LogP contribution < -0.4 is 9.64 Å². The van der Waals surface area contributed by atoms with Crippen LogP contribution in [-0.2, 0) is 10.8 Å². The minimum absolute atomic E-state index is 0.272. The molecule has 274 valence electrons. The Morgan fingerprint density at radius 3 is 2.19 bits per heavy atom. The van der Waals surface area contributed by atoms with Crippen LogP contribution in [0, 0.1) is 11.8 Å². The SMILES string of the molecule is CC1(C)c2ccccc2Oc2ccc(N(C3=CCC#CC(c4ccccc4C4(C)C5=C(C=CCC5)c5ccccc54)=C3)c3ccc4oc5ccccc5c4c3)cc21. The second-order valence-corrected chi connectivity index (χ2v) is 16.3. The molecular formula is C54H41NO2. The number of furan rings is 1. The van der Waals surface area contributed by atoms with Gasteiger partial charge in [-0.2, -0.15) is 0 Å². The Bertz CT molecular complexity index is 3030. The summed E-state index contributed by atoms with van der Waals surface area (Å²) in [6.07, 6.45) is 12.0. The summed E-state index contributed by atoms with van der Waals surface area (Å²) < 4.78 is 12.9. The summed E-state index contributed by atoms with van der Waals surface area (Å²) in [5.74, 6) is 8.99. The minimum atomic E-state index is -0.278. The minimum Gasteiger partial charge on any atom is -0.457 e. The molecule has 3 nitrogen and oxygen atoms in total. The van der Waals surface area contributed by atoms with Crippen LogP contribution in [0.15, 0.2) is 173 Å². The number of nitrogens with zero attached hydrogens (tertiary/aromatic N) is 1. The highest BCUT2D eigenvalue weighted by atomic mass is 16.5. The van der Waals surface area contributed by atoms with Gasteiger partial charge in [0.1, 0.15) is 22.7 Å². The molecule has 1 atom stereocenters. The lowest BCUT2D eigenvalue weighted by molar-refractivity contribution is 0.418.